The average molecular weight is 396 g/mol. The molecule has 2 rings (SSSR count). The molecule has 0 saturated carbocycles. The van der Waals surface area contributed by atoms with Crippen molar-refractivity contribution in [1.82, 2.24) is 9.80 Å². The summed E-state index contributed by atoms with van der Waals surface area (Å²) < 4.78 is 7.22. The van der Waals surface area contributed by atoms with Gasteiger partial charge in [0, 0.05) is 32.7 Å². The van der Waals surface area contributed by atoms with Gasteiger partial charge in [-0.05, 0) is 37.9 Å². The fourth-order valence-electron chi connectivity index (χ4n) is 2.11. The van der Waals surface area contributed by atoms with Gasteiger partial charge in [-0.3, -0.25) is 9.69 Å². The second-order valence-electron chi connectivity index (χ2n) is 4.60. The van der Waals surface area contributed by atoms with Crippen molar-refractivity contribution in [3.8, 4) is 0 Å². The van der Waals surface area contributed by atoms with Crippen molar-refractivity contribution < 1.29 is 14.3 Å². The molecule has 1 aliphatic rings. The smallest absolute Gasteiger partial charge is 0.304 e. The molecule has 1 aromatic heterocycles. The highest BCUT2D eigenvalue weighted by molar-refractivity contribution is 9.13. The van der Waals surface area contributed by atoms with Crippen LogP contribution in [0.1, 0.15) is 12.2 Å². The van der Waals surface area contributed by atoms with Gasteiger partial charge in [-0.1, -0.05) is 0 Å². The van der Waals surface area contributed by atoms with Gasteiger partial charge in [0.1, 0.15) is 5.76 Å². The number of carboxylic acids is 1. The van der Waals surface area contributed by atoms with Crippen LogP contribution in [0.25, 0.3) is 0 Å². The minimum atomic E-state index is -0.729. The third-order valence-electron chi connectivity index (χ3n) is 3.18. The maximum Gasteiger partial charge on any atom is 0.304 e. The number of aliphatic carboxylic acids is 1. The molecule has 106 valence electrons. The average Bonchev–Trinajstić information content (AvgIpc) is 2.67. The molecule has 5 nitrogen and oxygen atoms in total. The molecular weight excluding hydrogens is 380 g/mol. The van der Waals surface area contributed by atoms with E-state index in [9.17, 15) is 4.79 Å². The van der Waals surface area contributed by atoms with Crippen molar-refractivity contribution >= 4 is 37.8 Å². The van der Waals surface area contributed by atoms with Crippen molar-refractivity contribution in [3.63, 3.8) is 0 Å². The number of hydrogen-bond donors (Lipinski definition) is 1. The molecule has 1 aliphatic heterocycles. The largest absolute Gasteiger partial charge is 0.481 e. The first-order chi connectivity index (χ1) is 9.04. The maximum atomic E-state index is 10.5. The third kappa shape index (κ3) is 4.59. The zero-order valence-corrected chi connectivity index (χ0v) is 13.6. The highest BCUT2D eigenvalue weighted by Gasteiger charge is 2.19. The van der Waals surface area contributed by atoms with E-state index in [1.54, 1.807) is 0 Å². The monoisotopic (exact) mass is 394 g/mol. The predicted molar refractivity (Wildman–Crippen MR) is 78.1 cm³/mol. The molecule has 0 unspecified atom stereocenters. The Kier molecular flexibility index (Phi) is 5.44. The lowest BCUT2D eigenvalue weighted by atomic mass is 10.2. The lowest BCUT2D eigenvalue weighted by Crippen LogP contribution is -2.46. The third-order valence-corrected chi connectivity index (χ3v) is 4.89. The number of rotatable bonds is 5. The number of nitrogens with zero attached hydrogens (tertiary/aromatic N) is 2. The number of halogens is 2. The van der Waals surface area contributed by atoms with Gasteiger partial charge in [0.25, 0.3) is 0 Å². The summed E-state index contributed by atoms with van der Waals surface area (Å²) in [6, 6.07) is 1.97. The van der Waals surface area contributed by atoms with Crippen LogP contribution in [-0.2, 0) is 11.3 Å². The molecule has 19 heavy (non-hydrogen) atoms. The summed E-state index contributed by atoms with van der Waals surface area (Å²) in [6.07, 6.45) is 0.220. The molecule has 2 heterocycles. The van der Waals surface area contributed by atoms with Crippen LogP contribution < -0.4 is 0 Å². The standard InChI is InChI=1S/C12H16Br2N2O3/c13-10-7-9(19-12(10)14)8-16-5-3-15(4-6-16)2-1-11(17)18/h7H,1-6,8H2,(H,17,18). The fourth-order valence-corrected chi connectivity index (χ4v) is 2.77. The summed E-state index contributed by atoms with van der Waals surface area (Å²) in [6.45, 7) is 5.13. The lowest BCUT2D eigenvalue weighted by molar-refractivity contribution is -0.137. The lowest BCUT2D eigenvalue weighted by Gasteiger charge is -2.33. The first-order valence-electron chi connectivity index (χ1n) is 6.15. The van der Waals surface area contributed by atoms with E-state index in [2.05, 4.69) is 41.7 Å². The molecule has 0 amide bonds. The Morgan fingerprint density at radius 2 is 1.89 bits per heavy atom. The van der Waals surface area contributed by atoms with Crippen LogP contribution in [0.15, 0.2) is 19.6 Å². The zero-order chi connectivity index (χ0) is 13.8. The Hall–Kier alpha value is -0.370. The van der Waals surface area contributed by atoms with Crippen LogP contribution in [-0.4, -0.2) is 53.6 Å². The molecule has 7 heteroatoms. The van der Waals surface area contributed by atoms with Gasteiger partial charge in [0.2, 0.25) is 0 Å². The number of piperazine rings is 1. The first kappa shape index (κ1) is 15.0. The van der Waals surface area contributed by atoms with Crippen LogP contribution >= 0.6 is 31.9 Å². The van der Waals surface area contributed by atoms with Gasteiger partial charge in [-0.2, -0.15) is 0 Å². The molecule has 1 aromatic rings. The molecule has 1 saturated heterocycles. The molecule has 1 fully saturated rings. The Bertz CT molecular complexity index is 423. The Morgan fingerprint density at radius 3 is 2.42 bits per heavy atom. The number of furan rings is 1. The van der Waals surface area contributed by atoms with Crippen molar-refractivity contribution in [2.24, 2.45) is 0 Å². The van der Waals surface area contributed by atoms with Gasteiger partial charge >= 0.3 is 5.97 Å². The van der Waals surface area contributed by atoms with E-state index < -0.39 is 5.97 Å². The Balaban J connectivity index is 1.75. The number of hydrogen-bond acceptors (Lipinski definition) is 4. The summed E-state index contributed by atoms with van der Waals surface area (Å²) in [5.41, 5.74) is 0. The van der Waals surface area contributed by atoms with Crippen LogP contribution in [0, 0.1) is 0 Å². The van der Waals surface area contributed by atoms with E-state index in [-0.39, 0.29) is 6.42 Å². The topological polar surface area (TPSA) is 56.9 Å². The zero-order valence-electron chi connectivity index (χ0n) is 10.4. The van der Waals surface area contributed by atoms with Crippen molar-refractivity contribution in [2.45, 2.75) is 13.0 Å². The predicted octanol–water partition coefficient (Wildman–Crippen LogP) is 2.40. The van der Waals surface area contributed by atoms with E-state index in [1.807, 2.05) is 6.07 Å². The van der Waals surface area contributed by atoms with Gasteiger partial charge < -0.3 is 14.4 Å². The summed E-state index contributed by atoms with van der Waals surface area (Å²) in [7, 11) is 0. The van der Waals surface area contributed by atoms with Crippen molar-refractivity contribution in [3.05, 3.63) is 21.0 Å². The molecule has 0 aromatic carbocycles. The first-order valence-corrected chi connectivity index (χ1v) is 7.73. The summed E-state index contributed by atoms with van der Waals surface area (Å²) in [5, 5.41) is 8.66. The van der Waals surface area contributed by atoms with Crippen LogP contribution in [0.3, 0.4) is 0 Å². The second kappa shape index (κ2) is 6.88. The number of carboxylic acid groups (broad SMARTS) is 1. The van der Waals surface area contributed by atoms with Gasteiger partial charge in [-0.25, -0.2) is 0 Å². The summed E-state index contributed by atoms with van der Waals surface area (Å²) >= 11 is 6.73. The highest BCUT2D eigenvalue weighted by atomic mass is 79.9. The molecule has 0 atom stereocenters. The van der Waals surface area contributed by atoms with E-state index >= 15 is 0 Å². The molecule has 0 aliphatic carbocycles. The summed E-state index contributed by atoms with van der Waals surface area (Å²) in [5.74, 6) is 0.199. The molecule has 0 spiro atoms. The Labute approximate surface area is 128 Å². The van der Waals surface area contributed by atoms with Gasteiger partial charge in [-0.15, -0.1) is 0 Å². The Morgan fingerprint density at radius 1 is 1.26 bits per heavy atom. The quantitative estimate of drug-likeness (QED) is 0.829. The van der Waals surface area contributed by atoms with Crippen molar-refractivity contribution in [1.29, 1.82) is 0 Å². The SMILES string of the molecule is O=C(O)CCN1CCN(Cc2cc(Br)c(Br)o2)CC1. The fraction of sp³-hybridized carbons (Fsp3) is 0.583. The maximum absolute atomic E-state index is 10.5. The minimum Gasteiger partial charge on any atom is -0.481 e. The van der Waals surface area contributed by atoms with Gasteiger partial charge in [0.15, 0.2) is 4.67 Å². The van der Waals surface area contributed by atoms with Crippen LogP contribution in [0.4, 0.5) is 0 Å². The van der Waals surface area contributed by atoms with E-state index in [4.69, 9.17) is 9.52 Å². The second-order valence-corrected chi connectivity index (χ2v) is 6.17. The summed E-state index contributed by atoms with van der Waals surface area (Å²) in [4.78, 5) is 15.0. The van der Waals surface area contributed by atoms with Crippen molar-refractivity contribution in [2.75, 3.05) is 32.7 Å². The normalized spacial score (nSPS) is 17.8. The highest BCUT2D eigenvalue weighted by Crippen LogP contribution is 2.27. The van der Waals surface area contributed by atoms with Crippen LogP contribution in [0.2, 0.25) is 0 Å². The number of carbonyl (C=O) groups is 1. The van der Waals surface area contributed by atoms with Gasteiger partial charge in [0.05, 0.1) is 17.4 Å². The molecule has 1 N–H and O–H groups in total. The molecule has 0 bridgehead atoms. The van der Waals surface area contributed by atoms with E-state index in [0.717, 1.165) is 47.6 Å². The van der Waals surface area contributed by atoms with Crippen LogP contribution in [0.5, 0.6) is 0 Å². The minimum absolute atomic E-state index is 0.220. The molecule has 0 radical (unpaired) electrons. The van der Waals surface area contributed by atoms with E-state index in [1.165, 1.54) is 0 Å². The van der Waals surface area contributed by atoms with E-state index in [0.29, 0.717) is 6.54 Å². The molecular formula is C12H16Br2N2O3.